The molecule has 0 aliphatic heterocycles. The minimum Gasteiger partial charge on any atom is -0.299 e. The summed E-state index contributed by atoms with van der Waals surface area (Å²) < 4.78 is 0. The number of carbonyl (C=O) groups excluding carboxylic acids is 1. The van der Waals surface area contributed by atoms with E-state index in [9.17, 15) is 4.79 Å². The predicted octanol–water partition coefficient (Wildman–Crippen LogP) is 2.49. The van der Waals surface area contributed by atoms with Gasteiger partial charge in [0.2, 0.25) is 0 Å². The van der Waals surface area contributed by atoms with Gasteiger partial charge in [-0.3, -0.25) is 4.79 Å². The molecule has 0 aromatic heterocycles. The normalized spacial score (nSPS) is 11.3. The molecule has 0 N–H and O–H groups in total. The summed E-state index contributed by atoms with van der Waals surface area (Å²) in [6.07, 6.45) is 11.6. The molecule has 0 radical (unpaired) electrons. The van der Waals surface area contributed by atoms with E-state index >= 15 is 0 Å². The lowest BCUT2D eigenvalue weighted by Gasteiger charge is -1.81. The summed E-state index contributed by atoms with van der Waals surface area (Å²) in [6, 6.07) is 0. The van der Waals surface area contributed by atoms with Crippen molar-refractivity contribution in [1.29, 1.82) is 0 Å². The molecule has 0 atom stereocenters. The summed E-state index contributed by atoms with van der Waals surface area (Å²) in [5, 5.41) is 0. The van der Waals surface area contributed by atoms with Crippen LogP contribution in [-0.2, 0) is 4.79 Å². The molecule has 0 unspecified atom stereocenters. The molecule has 0 heterocycles. The first-order valence-corrected chi connectivity index (χ1v) is 3.67. The second-order valence-electron chi connectivity index (χ2n) is 2.06. The maximum atomic E-state index is 9.78. The van der Waals surface area contributed by atoms with Crippen LogP contribution in [0.1, 0.15) is 26.2 Å². The fourth-order valence-electron chi connectivity index (χ4n) is 0.593. The Hall–Kier alpha value is -0.850. The second kappa shape index (κ2) is 8.15. The summed E-state index contributed by atoms with van der Waals surface area (Å²) >= 11 is 0. The average molecular weight is 138 g/mol. The van der Waals surface area contributed by atoms with Crippen molar-refractivity contribution in [1.82, 2.24) is 0 Å². The molecule has 0 saturated heterocycles. The van der Waals surface area contributed by atoms with Gasteiger partial charge in [0, 0.05) is 0 Å². The Morgan fingerprint density at radius 2 is 2.00 bits per heavy atom. The maximum absolute atomic E-state index is 9.78. The van der Waals surface area contributed by atoms with Crippen LogP contribution in [0.25, 0.3) is 0 Å². The number of aldehydes is 1. The van der Waals surface area contributed by atoms with Gasteiger partial charge >= 0.3 is 0 Å². The van der Waals surface area contributed by atoms with Gasteiger partial charge in [0.05, 0.1) is 0 Å². The zero-order chi connectivity index (χ0) is 7.66. The van der Waals surface area contributed by atoms with Crippen LogP contribution < -0.4 is 0 Å². The quantitative estimate of drug-likeness (QED) is 0.324. The van der Waals surface area contributed by atoms with E-state index in [4.69, 9.17) is 0 Å². The molecule has 0 spiro atoms. The van der Waals surface area contributed by atoms with Crippen LogP contribution in [0.15, 0.2) is 24.3 Å². The molecule has 0 aromatic rings. The minimum atomic E-state index is 0.799. The number of carbonyl (C=O) groups is 1. The minimum absolute atomic E-state index is 0.799. The maximum Gasteiger partial charge on any atom is 0.142 e. The fourth-order valence-corrected chi connectivity index (χ4v) is 0.593. The fraction of sp³-hybridized carbons (Fsp3) is 0.444. The largest absolute Gasteiger partial charge is 0.299 e. The Morgan fingerprint density at radius 3 is 2.60 bits per heavy atom. The van der Waals surface area contributed by atoms with Crippen LogP contribution in [0, 0.1) is 0 Å². The first-order valence-electron chi connectivity index (χ1n) is 3.67. The van der Waals surface area contributed by atoms with Crippen molar-refractivity contribution in [2.75, 3.05) is 0 Å². The standard InChI is InChI=1S/C9H14O/c1-2-3-4-5-6-7-8-9-10/h4-5,7-9H,2-3,6H2,1H3/b5-4-,8-7+. The highest BCUT2D eigenvalue weighted by molar-refractivity contribution is 5.64. The van der Waals surface area contributed by atoms with Crippen molar-refractivity contribution in [3.8, 4) is 0 Å². The molecule has 0 bridgehead atoms. The molecule has 1 nitrogen and oxygen atoms in total. The highest BCUT2D eigenvalue weighted by atomic mass is 16.1. The average Bonchev–Trinajstić information content (AvgIpc) is 1.97. The van der Waals surface area contributed by atoms with Crippen LogP contribution in [-0.4, -0.2) is 6.29 Å². The summed E-state index contributed by atoms with van der Waals surface area (Å²) in [4.78, 5) is 9.78. The molecular formula is C9H14O. The Balaban J connectivity index is 3.17. The van der Waals surface area contributed by atoms with E-state index in [0.29, 0.717) is 0 Å². The van der Waals surface area contributed by atoms with Crippen LogP contribution >= 0.6 is 0 Å². The molecule has 0 aromatic carbocycles. The monoisotopic (exact) mass is 138 g/mol. The first-order chi connectivity index (χ1) is 4.91. The van der Waals surface area contributed by atoms with Gasteiger partial charge in [-0.1, -0.05) is 31.6 Å². The van der Waals surface area contributed by atoms with Gasteiger partial charge in [-0.05, 0) is 18.9 Å². The summed E-state index contributed by atoms with van der Waals surface area (Å²) in [6.45, 7) is 2.14. The Kier molecular flexibility index (Phi) is 7.46. The van der Waals surface area contributed by atoms with Crippen LogP contribution in [0.3, 0.4) is 0 Å². The van der Waals surface area contributed by atoms with Gasteiger partial charge in [-0.2, -0.15) is 0 Å². The third-order valence-electron chi connectivity index (χ3n) is 1.11. The van der Waals surface area contributed by atoms with Crippen molar-refractivity contribution >= 4 is 6.29 Å². The summed E-state index contributed by atoms with van der Waals surface area (Å²) in [5.41, 5.74) is 0. The lowest BCUT2D eigenvalue weighted by atomic mass is 10.3. The van der Waals surface area contributed by atoms with Gasteiger partial charge in [0.15, 0.2) is 0 Å². The number of allylic oxidation sites excluding steroid dienone is 4. The van der Waals surface area contributed by atoms with Crippen LogP contribution in [0.2, 0.25) is 0 Å². The van der Waals surface area contributed by atoms with Crippen molar-refractivity contribution in [3.05, 3.63) is 24.3 Å². The van der Waals surface area contributed by atoms with E-state index in [2.05, 4.69) is 19.1 Å². The number of unbranched alkanes of at least 4 members (excludes halogenated alkanes) is 1. The first kappa shape index (κ1) is 9.15. The molecule has 1 heteroatoms. The Labute approximate surface area is 62.4 Å². The molecule has 0 amide bonds. The summed E-state index contributed by atoms with van der Waals surface area (Å²) in [7, 11) is 0. The van der Waals surface area contributed by atoms with E-state index < -0.39 is 0 Å². The second-order valence-corrected chi connectivity index (χ2v) is 2.06. The number of rotatable bonds is 5. The Bertz CT molecular complexity index is 123. The Morgan fingerprint density at radius 1 is 1.20 bits per heavy atom. The van der Waals surface area contributed by atoms with Gasteiger partial charge in [-0.25, -0.2) is 0 Å². The highest BCUT2D eigenvalue weighted by Crippen LogP contribution is 1.91. The zero-order valence-corrected chi connectivity index (χ0v) is 6.42. The molecule has 0 aliphatic rings. The van der Waals surface area contributed by atoms with Crippen molar-refractivity contribution in [3.63, 3.8) is 0 Å². The van der Waals surface area contributed by atoms with Gasteiger partial charge in [-0.15, -0.1) is 0 Å². The van der Waals surface area contributed by atoms with Crippen molar-refractivity contribution in [2.24, 2.45) is 0 Å². The van der Waals surface area contributed by atoms with E-state index in [-0.39, 0.29) is 0 Å². The topological polar surface area (TPSA) is 17.1 Å². The molecule has 0 fully saturated rings. The lowest BCUT2D eigenvalue weighted by Crippen LogP contribution is -1.63. The molecule has 0 aliphatic carbocycles. The molecular weight excluding hydrogens is 124 g/mol. The van der Waals surface area contributed by atoms with E-state index in [1.165, 1.54) is 12.5 Å². The van der Waals surface area contributed by atoms with Crippen molar-refractivity contribution < 1.29 is 4.79 Å². The molecule has 10 heavy (non-hydrogen) atoms. The molecule has 0 saturated carbocycles. The molecule has 0 rings (SSSR count). The van der Waals surface area contributed by atoms with Gasteiger partial charge in [0.1, 0.15) is 6.29 Å². The van der Waals surface area contributed by atoms with Crippen molar-refractivity contribution in [2.45, 2.75) is 26.2 Å². The third kappa shape index (κ3) is 7.15. The summed E-state index contributed by atoms with van der Waals surface area (Å²) in [5.74, 6) is 0. The lowest BCUT2D eigenvalue weighted by molar-refractivity contribution is -0.104. The SMILES string of the molecule is CCC/C=C\C/C=C/C=O. The van der Waals surface area contributed by atoms with E-state index in [0.717, 1.165) is 19.1 Å². The van der Waals surface area contributed by atoms with E-state index in [1.54, 1.807) is 0 Å². The van der Waals surface area contributed by atoms with Gasteiger partial charge in [0.25, 0.3) is 0 Å². The smallest absolute Gasteiger partial charge is 0.142 e. The predicted molar refractivity (Wildman–Crippen MR) is 43.9 cm³/mol. The number of hydrogen-bond donors (Lipinski definition) is 0. The zero-order valence-electron chi connectivity index (χ0n) is 6.42. The third-order valence-corrected chi connectivity index (χ3v) is 1.11. The van der Waals surface area contributed by atoms with Crippen LogP contribution in [0.5, 0.6) is 0 Å². The number of hydrogen-bond acceptors (Lipinski definition) is 1. The highest BCUT2D eigenvalue weighted by Gasteiger charge is 1.71. The van der Waals surface area contributed by atoms with E-state index in [1.807, 2.05) is 6.08 Å². The van der Waals surface area contributed by atoms with Gasteiger partial charge < -0.3 is 0 Å². The van der Waals surface area contributed by atoms with Crippen LogP contribution in [0.4, 0.5) is 0 Å². The molecule has 56 valence electrons.